The van der Waals surface area contributed by atoms with Crippen molar-refractivity contribution < 1.29 is 0 Å². The van der Waals surface area contributed by atoms with Crippen molar-refractivity contribution in [1.82, 2.24) is 4.90 Å². The van der Waals surface area contributed by atoms with Gasteiger partial charge in [-0.2, -0.15) is 0 Å². The van der Waals surface area contributed by atoms with Crippen LogP contribution in [0.3, 0.4) is 0 Å². The van der Waals surface area contributed by atoms with Gasteiger partial charge in [0.1, 0.15) is 0 Å². The molecule has 1 aromatic rings. The minimum Gasteiger partial charge on any atom is -0.378 e. The average Bonchev–Trinajstić information content (AvgIpc) is 3.32. The number of hydrogen-bond acceptors (Lipinski definition) is 3. The average molecular weight is 273 g/mol. The van der Waals surface area contributed by atoms with Crippen LogP contribution in [0.5, 0.6) is 0 Å². The third kappa shape index (κ3) is 3.15. The molecule has 2 aliphatic rings. The number of rotatable bonds is 7. The molecule has 0 saturated heterocycles. The van der Waals surface area contributed by atoms with E-state index in [0.717, 1.165) is 18.5 Å². The summed E-state index contributed by atoms with van der Waals surface area (Å²) in [5.74, 6) is 0.936. The summed E-state index contributed by atoms with van der Waals surface area (Å²) in [6.45, 7) is 1.98. The SMILES string of the molecule is CN(C)c1ccc(C(CN)N(CC2CC2)C2CC2)cc1. The Labute approximate surface area is 122 Å². The smallest absolute Gasteiger partial charge is 0.0473 e. The topological polar surface area (TPSA) is 32.5 Å². The molecule has 0 spiro atoms. The molecule has 0 heterocycles. The minimum absolute atomic E-state index is 0.402. The quantitative estimate of drug-likeness (QED) is 0.829. The molecular weight excluding hydrogens is 246 g/mol. The zero-order chi connectivity index (χ0) is 14.1. The van der Waals surface area contributed by atoms with Crippen LogP contribution in [0, 0.1) is 5.92 Å². The van der Waals surface area contributed by atoms with Crippen LogP contribution < -0.4 is 10.6 Å². The standard InChI is InChI=1S/C17H27N3/c1-19(2)15-7-5-14(6-8-15)17(11-18)20(16-9-10-16)12-13-3-4-13/h5-8,13,16-17H,3-4,9-12,18H2,1-2H3. The number of benzene rings is 1. The van der Waals surface area contributed by atoms with Crippen LogP contribution >= 0.6 is 0 Å². The molecule has 1 aromatic carbocycles. The maximum atomic E-state index is 6.11. The number of nitrogens with two attached hydrogens (primary N) is 1. The largest absolute Gasteiger partial charge is 0.378 e. The van der Waals surface area contributed by atoms with Gasteiger partial charge in [0.15, 0.2) is 0 Å². The van der Waals surface area contributed by atoms with Crippen molar-refractivity contribution in [2.45, 2.75) is 37.8 Å². The van der Waals surface area contributed by atoms with E-state index < -0.39 is 0 Å². The van der Waals surface area contributed by atoms with Crippen LogP contribution in [0.1, 0.15) is 37.3 Å². The first-order valence-electron chi connectivity index (χ1n) is 7.92. The van der Waals surface area contributed by atoms with Gasteiger partial charge in [0.05, 0.1) is 0 Å². The van der Waals surface area contributed by atoms with Gasteiger partial charge in [-0.05, 0) is 49.3 Å². The molecule has 2 saturated carbocycles. The van der Waals surface area contributed by atoms with E-state index in [4.69, 9.17) is 5.73 Å². The summed E-state index contributed by atoms with van der Waals surface area (Å²) in [5, 5.41) is 0. The van der Waals surface area contributed by atoms with Gasteiger partial charge < -0.3 is 10.6 Å². The molecular formula is C17H27N3. The van der Waals surface area contributed by atoms with Crippen molar-refractivity contribution >= 4 is 5.69 Å². The zero-order valence-electron chi connectivity index (χ0n) is 12.8. The second-order valence-electron chi connectivity index (χ2n) is 6.61. The molecule has 0 aromatic heterocycles. The van der Waals surface area contributed by atoms with Gasteiger partial charge in [-0.25, -0.2) is 0 Å². The van der Waals surface area contributed by atoms with Crippen LogP contribution in [0.2, 0.25) is 0 Å². The Bertz CT molecular complexity index is 432. The number of anilines is 1. The monoisotopic (exact) mass is 273 g/mol. The lowest BCUT2D eigenvalue weighted by molar-refractivity contribution is 0.183. The molecule has 2 fully saturated rings. The Morgan fingerprint density at radius 3 is 2.20 bits per heavy atom. The molecule has 2 N–H and O–H groups in total. The Balaban J connectivity index is 1.75. The molecule has 2 aliphatic carbocycles. The highest BCUT2D eigenvalue weighted by Gasteiger charge is 2.37. The molecule has 1 unspecified atom stereocenters. The van der Waals surface area contributed by atoms with Crippen molar-refractivity contribution in [2.75, 3.05) is 32.1 Å². The predicted octanol–water partition coefficient (Wildman–Crippen LogP) is 2.63. The van der Waals surface area contributed by atoms with Crippen molar-refractivity contribution in [3.8, 4) is 0 Å². The molecule has 3 heteroatoms. The molecule has 0 amide bonds. The van der Waals surface area contributed by atoms with Crippen LogP contribution in [0.15, 0.2) is 24.3 Å². The second kappa shape index (κ2) is 5.74. The van der Waals surface area contributed by atoms with E-state index in [1.165, 1.54) is 43.5 Å². The lowest BCUT2D eigenvalue weighted by atomic mass is 10.0. The zero-order valence-corrected chi connectivity index (χ0v) is 12.8. The van der Waals surface area contributed by atoms with E-state index in [1.54, 1.807) is 0 Å². The lowest BCUT2D eigenvalue weighted by Gasteiger charge is -2.31. The molecule has 0 radical (unpaired) electrons. The van der Waals surface area contributed by atoms with E-state index in [-0.39, 0.29) is 0 Å². The van der Waals surface area contributed by atoms with Crippen molar-refractivity contribution in [3.05, 3.63) is 29.8 Å². The summed E-state index contributed by atoms with van der Waals surface area (Å²) in [7, 11) is 4.16. The maximum absolute atomic E-state index is 6.11. The van der Waals surface area contributed by atoms with Crippen LogP contribution in [0.4, 0.5) is 5.69 Å². The number of hydrogen-bond donors (Lipinski definition) is 1. The fraction of sp³-hybridized carbons (Fsp3) is 0.647. The highest BCUT2D eigenvalue weighted by molar-refractivity contribution is 5.46. The first-order valence-corrected chi connectivity index (χ1v) is 7.92. The minimum atomic E-state index is 0.402. The van der Waals surface area contributed by atoms with Crippen molar-refractivity contribution in [1.29, 1.82) is 0 Å². The van der Waals surface area contributed by atoms with E-state index in [1.807, 2.05) is 0 Å². The normalized spacial score (nSPS) is 20.2. The Hall–Kier alpha value is -1.06. The molecule has 1 atom stereocenters. The van der Waals surface area contributed by atoms with Gasteiger partial charge in [0.2, 0.25) is 0 Å². The van der Waals surface area contributed by atoms with Gasteiger partial charge in [-0.15, -0.1) is 0 Å². The van der Waals surface area contributed by atoms with Crippen LogP contribution in [0.25, 0.3) is 0 Å². The van der Waals surface area contributed by atoms with Gasteiger partial charge >= 0.3 is 0 Å². The highest BCUT2D eigenvalue weighted by Crippen LogP contribution is 2.39. The first kappa shape index (κ1) is 13.9. The fourth-order valence-electron chi connectivity index (χ4n) is 2.99. The van der Waals surface area contributed by atoms with Crippen molar-refractivity contribution in [3.63, 3.8) is 0 Å². The van der Waals surface area contributed by atoms with Gasteiger partial charge in [0, 0.05) is 45.0 Å². The van der Waals surface area contributed by atoms with Crippen molar-refractivity contribution in [2.24, 2.45) is 11.7 Å². The third-order valence-corrected chi connectivity index (χ3v) is 4.60. The molecule has 20 heavy (non-hydrogen) atoms. The van der Waals surface area contributed by atoms with E-state index in [9.17, 15) is 0 Å². The molecule has 110 valence electrons. The Morgan fingerprint density at radius 1 is 1.10 bits per heavy atom. The summed E-state index contributed by atoms with van der Waals surface area (Å²) in [4.78, 5) is 4.83. The summed E-state index contributed by atoms with van der Waals surface area (Å²) in [6, 6.07) is 10.1. The Kier molecular flexibility index (Phi) is 3.99. The molecule has 0 aliphatic heterocycles. The molecule has 3 rings (SSSR count). The molecule has 3 nitrogen and oxygen atoms in total. The Morgan fingerprint density at radius 2 is 1.75 bits per heavy atom. The van der Waals surface area contributed by atoms with E-state index in [2.05, 4.69) is 48.2 Å². The lowest BCUT2D eigenvalue weighted by Crippen LogP contribution is -2.37. The number of nitrogens with zero attached hydrogens (tertiary/aromatic N) is 2. The summed E-state index contributed by atoms with van der Waals surface area (Å²) >= 11 is 0. The summed E-state index contributed by atoms with van der Waals surface area (Å²) in [5.41, 5.74) is 8.75. The first-order chi connectivity index (χ1) is 9.69. The highest BCUT2D eigenvalue weighted by atomic mass is 15.2. The van der Waals surface area contributed by atoms with E-state index in [0.29, 0.717) is 6.04 Å². The predicted molar refractivity (Wildman–Crippen MR) is 85.0 cm³/mol. The second-order valence-corrected chi connectivity index (χ2v) is 6.61. The summed E-state index contributed by atoms with van der Waals surface area (Å²) < 4.78 is 0. The maximum Gasteiger partial charge on any atom is 0.0473 e. The van der Waals surface area contributed by atoms with Gasteiger partial charge in [-0.1, -0.05) is 12.1 Å². The molecule has 0 bridgehead atoms. The van der Waals surface area contributed by atoms with Gasteiger partial charge in [0.25, 0.3) is 0 Å². The third-order valence-electron chi connectivity index (χ3n) is 4.60. The van der Waals surface area contributed by atoms with Crippen LogP contribution in [-0.2, 0) is 0 Å². The van der Waals surface area contributed by atoms with E-state index >= 15 is 0 Å². The summed E-state index contributed by atoms with van der Waals surface area (Å²) in [6.07, 6.45) is 5.55. The van der Waals surface area contributed by atoms with Gasteiger partial charge in [-0.3, -0.25) is 4.90 Å². The fourth-order valence-corrected chi connectivity index (χ4v) is 2.99. The van der Waals surface area contributed by atoms with Crippen LogP contribution in [-0.4, -0.2) is 38.1 Å².